The average Bonchev–Trinajstić information content (AvgIpc) is 3.47. The summed E-state index contributed by atoms with van der Waals surface area (Å²) in [5.41, 5.74) is 0. The van der Waals surface area contributed by atoms with Crippen LogP contribution >= 0.6 is 0 Å². The highest BCUT2D eigenvalue weighted by Crippen LogP contribution is 2.30. The molecule has 2 rings (SSSR count). The van der Waals surface area contributed by atoms with E-state index in [1.807, 2.05) is 6.08 Å². The number of rotatable bonds is 52. The predicted molar refractivity (Wildman–Crippen MR) is 314 cm³/mol. The fourth-order valence-corrected chi connectivity index (χ4v) is 10.6. The van der Waals surface area contributed by atoms with E-state index in [2.05, 4.69) is 43.5 Å². The number of aliphatic hydroxyl groups is 8. The zero-order valence-electron chi connectivity index (χ0n) is 49.4. The maximum absolute atomic E-state index is 13.2. The van der Waals surface area contributed by atoms with E-state index in [9.17, 15) is 45.6 Å². The van der Waals surface area contributed by atoms with Crippen LogP contribution in [0.15, 0.2) is 36.5 Å². The van der Waals surface area contributed by atoms with Crippen molar-refractivity contribution in [2.24, 2.45) is 0 Å². The number of aliphatic hydroxyl groups excluding tert-OH is 8. The molecule has 12 unspecified atom stereocenters. The summed E-state index contributed by atoms with van der Waals surface area (Å²) in [7, 11) is 0. The summed E-state index contributed by atoms with van der Waals surface area (Å²) in [6.45, 7) is 2.78. The maximum atomic E-state index is 13.2. The number of hydrogen-bond acceptors (Lipinski definition) is 13. The van der Waals surface area contributed by atoms with Crippen molar-refractivity contribution in [2.45, 2.75) is 344 Å². The minimum Gasteiger partial charge on any atom is -0.394 e. The van der Waals surface area contributed by atoms with Crippen LogP contribution in [0.4, 0.5) is 0 Å². The lowest BCUT2D eigenvalue weighted by Gasteiger charge is -2.46. The van der Waals surface area contributed by atoms with Crippen LogP contribution < -0.4 is 5.32 Å². The molecule has 2 aliphatic heterocycles. The zero-order chi connectivity index (χ0) is 56.7. The molecule has 0 aromatic rings. The first kappa shape index (κ1) is 72.3. The van der Waals surface area contributed by atoms with Crippen LogP contribution in [0.2, 0.25) is 0 Å². The van der Waals surface area contributed by atoms with E-state index < -0.39 is 86.8 Å². The Hall–Kier alpha value is -1.79. The largest absolute Gasteiger partial charge is 0.394 e. The smallest absolute Gasteiger partial charge is 0.220 e. The van der Waals surface area contributed by atoms with E-state index in [0.29, 0.717) is 6.42 Å². The van der Waals surface area contributed by atoms with Gasteiger partial charge in [-0.1, -0.05) is 249 Å². The van der Waals surface area contributed by atoms with Crippen LogP contribution in [0.1, 0.15) is 271 Å². The summed E-state index contributed by atoms with van der Waals surface area (Å²) in [5.74, 6) is -0.237. The quantitative estimate of drug-likeness (QED) is 0.0204. The number of allylic oxidation sites excluding steroid dienone is 5. The molecule has 0 aliphatic carbocycles. The minimum atomic E-state index is -1.79. The molecule has 2 saturated heterocycles. The molecule has 14 nitrogen and oxygen atoms in total. The van der Waals surface area contributed by atoms with Gasteiger partial charge >= 0.3 is 0 Å². The fraction of sp³-hybridized carbons (Fsp3) is 0.891. The average molecular weight is 1110 g/mol. The summed E-state index contributed by atoms with van der Waals surface area (Å²) in [4.78, 5) is 13.2. The second-order valence-corrected chi connectivity index (χ2v) is 22.9. The van der Waals surface area contributed by atoms with Gasteiger partial charge in [0.1, 0.15) is 48.8 Å². The molecule has 14 heteroatoms. The molecule has 0 aromatic heterocycles. The minimum absolute atomic E-state index is 0.237. The molecule has 2 heterocycles. The standard InChI is InChI=1S/C64H119NO13/c1-3-5-7-9-11-13-15-16-17-18-19-20-21-22-23-24-25-26-27-28-29-30-31-32-33-34-35-36-38-40-42-44-46-48-56(69)65-52(53(68)47-45-43-41-39-37-14-12-10-8-6-4-2)51-75-63-61(74)59(72)62(55(50-67)77-63)78-64-60(73)58(71)57(70)54(49-66)76-64/h15-16,18-19,45,47,52-55,57-64,66-68,70-74H,3-14,17,20-44,46,48-51H2,1-2H3,(H,65,69)/b16-15-,19-18-,47-45+. The molecule has 9 N–H and O–H groups in total. The summed E-state index contributed by atoms with van der Waals surface area (Å²) < 4.78 is 22.8. The van der Waals surface area contributed by atoms with Crippen LogP contribution in [0, 0.1) is 0 Å². The van der Waals surface area contributed by atoms with E-state index in [-0.39, 0.29) is 18.9 Å². The topological polar surface area (TPSA) is 228 Å². The monoisotopic (exact) mass is 1110 g/mol. The summed E-state index contributed by atoms with van der Waals surface area (Å²) in [5, 5.41) is 87.0. The van der Waals surface area contributed by atoms with Crippen molar-refractivity contribution in [2.75, 3.05) is 19.8 Å². The second kappa shape index (κ2) is 49.8. The fourth-order valence-electron chi connectivity index (χ4n) is 10.6. The van der Waals surface area contributed by atoms with Gasteiger partial charge in [0.2, 0.25) is 5.91 Å². The van der Waals surface area contributed by atoms with E-state index in [1.165, 1.54) is 199 Å². The van der Waals surface area contributed by atoms with Crippen LogP contribution in [0.25, 0.3) is 0 Å². The van der Waals surface area contributed by atoms with Gasteiger partial charge in [-0.25, -0.2) is 0 Å². The normalized spacial score (nSPS) is 24.7. The summed E-state index contributed by atoms with van der Waals surface area (Å²) in [6.07, 6.45) is 45.0. The molecule has 2 fully saturated rings. The molecule has 0 aromatic carbocycles. The highest BCUT2D eigenvalue weighted by Gasteiger charge is 2.51. The Morgan fingerprint density at radius 1 is 0.462 bits per heavy atom. The van der Waals surface area contributed by atoms with Crippen molar-refractivity contribution in [3.8, 4) is 0 Å². The summed E-state index contributed by atoms with van der Waals surface area (Å²) in [6, 6.07) is -0.911. The molecule has 0 saturated carbocycles. The molecule has 12 atom stereocenters. The number of ether oxygens (including phenoxy) is 4. The van der Waals surface area contributed by atoms with Crippen molar-refractivity contribution in [1.82, 2.24) is 5.32 Å². The SMILES string of the molecule is CCCCCCC/C=C\C/C=C\CCCCCCCCCCCCCCCCCCCCCCCC(=O)NC(COC1OC(CO)C(OC2OC(CO)C(O)C(O)C2O)C(O)C1O)C(O)/C=C/CCCCCCCCCCC. The Balaban J connectivity index is 1.60. The first-order chi connectivity index (χ1) is 38.1. The van der Waals surface area contributed by atoms with Gasteiger partial charge in [0.05, 0.1) is 32.0 Å². The predicted octanol–water partition coefficient (Wildman–Crippen LogP) is 11.8. The van der Waals surface area contributed by atoms with Gasteiger partial charge in [0, 0.05) is 6.42 Å². The van der Waals surface area contributed by atoms with Crippen molar-refractivity contribution in [1.29, 1.82) is 0 Å². The molecule has 0 bridgehead atoms. The molecule has 458 valence electrons. The lowest BCUT2D eigenvalue weighted by atomic mass is 9.97. The van der Waals surface area contributed by atoms with Crippen LogP contribution in [0.3, 0.4) is 0 Å². The van der Waals surface area contributed by atoms with Crippen molar-refractivity contribution < 1.29 is 64.6 Å². The molecule has 0 radical (unpaired) electrons. The van der Waals surface area contributed by atoms with Crippen LogP contribution in [-0.4, -0.2) is 140 Å². The number of carbonyl (C=O) groups is 1. The van der Waals surface area contributed by atoms with Crippen LogP contribution in [-0.2, 0) is 23.7 Å². The maximum Gasteiger partial charge on any atom is 0.220 e. The lowest BCUT2D eigenvalue weighted by molar-refractivity contribution is -0.359. The Bertz CT molecular complexity index is 1450. The molecule has 78 heavy (non-hydrogen) atoms. The Labute approximate surface area is 474 Å². The van der Waals surface area contributed by atoms with Gasteiger partial charge < -0.3 is 65.1 Å². The Morgan fingerprint density at radius 3 is 1.28 bits per heavy atom. The van der Waals surface area contributed by atoms with E-state index >= 15 is 0 Å². The Kier molecular flexibility index (Phi) is 46.2. The van der Waals surface area contributed by atoms with E-state index in [0.717, 1.165) is 44.9 Å². The third kappa shape index (κ3) is 34.6. The van der Waals surface area contributed by atoms with Crippen molar-refractivity contribution >= 4 is 5.91 Å². The molecule has 2 aliphatic rings. The van der Waals surface area contributed by atoms with Crippen molar-refractivity contribution in [3.63, 3.8) is 0 Å². The van der Waals surface area contributed by atoms with E-state index in [4.69, 9.17) is 18.9 Å². The molecular formula is C64H119NO13. The lowest BCUT2D eigenvalue weighted by Crippen LogP contribution is -2.65. The molecular weight excluding hydrogens is 991 g/mol. The zero-order valence-corrected chi connectivity index (χ0v) is 49.4. The summed E-state index contributed by atoms with van der Waals surface area (Å²) >= 11 is 0. The van der Waals surface area contributed by atoms with Crippen LogP contribution in [0.5, 0.6) is 0 Å². The Morgan fingerprint density at radius 2 is 0.846 bits per heavy atom. The third-order valence-corrected chi connectivity index (χ3v) is 15.8. The number of unbranched alkanes of at least 4 members (excludes halogenated alkanes) is 35. The number of carbonyl (C=O) groups excluding carboxylic acids is 1. The van der Waals surface area contributed by atoms with Gasteiger partial charge in [0.15, 0.2) is 12.6 Å². The third-order valence-electron chi connectivity index (χ3n) is 15.8. The number of hydrogen-bond donors (Lipinski definition) is 9. The van der Waals surface area contributed by atoms with Gasteiger partial charge in [0.25, 0.3) is 0 Å². The first-order valence-electron chi connectivity index (χ1n) is 32.2. The second-order valence-electron chi connectivity index (χ2n) is 22.9. The van der Waals surface area contributed by atoms with Crippen molar-refractivity contribution in [3.05, 3.63) is 36.5 Å². The van der Waals surface area contributed by atoms with Gasteiger partial charge in [-0.15, -0.1) is 0 Å². The number of nitrogens with one attached hydrogen (secondary N) is 1. The van der Waals surface area contributed by atoms with Gasteiger partial charge in [-0.3, -0.25) is 4.79 Å². The van der Waals surface area contributed by atoms with Gasteiger partial charge in [-0.05, 0) is 51.4 Å². The number of amides is 1. The molecule has 1 amide bonds. The van der Waals surface area contributed by atoms with Gasteiger partial charge in [-0.2, -0.15) is 0 Å². The highest BCUT2D eigenvalue weighted by atomic mass is 16.7. The molecule has 0 spiro atoms. The highest BCUT2D eigenvalue weighted by molar-refractivity contribution is 5.76. The van der Waals surface area contributed by atoms with E-state index in [1.54, 1.807) is 6.08 Å². The first-order valence-corrected chi connectivity index (χ1v) is 32.2.